The molecule has 0 fully saturated rings. The number of carbonyl (C=O) groups is 1. The van der Waals surface area contributed by atoms with Crippen molar-refractivity contribution in [2.24, 2.45) is 5.41 Å². The summed E-state index contributed by atoms with van der Waals surface area (Å²) in [7, 11) is 0. The molecule has 20 heavy (non-hydrogen) atoms. The Morgan fingerprint density at radius 2 is 1.95 bits per heavy atom. The van der Waals surface area contributed by atoms with Crippen molar-refractivity contribution in [3.63, 3.8) is 0 Å². The van der Waals surface area contributed by atoms with E-state index in [-0.39, 0.29) is 17.4 Å². The summed E-state index contributed by atoms with van der Waals surface area (Å²) >= 11 is 0. The highest BCUT2D eigenvalue weighted by Crippen LogP contribution is 2.20. The van der Waals surface area contributed by atoms with Gasteiger partial charge in [0.15, 0.2) is 0 Å². The molecule has 0 spiro atoms. The fourth-order valence-corrected chi connectivity index (χ4v) is 1.76. The molecular formula is C17H28N2O. The number of rotatable bonds is 5. The summed E-state index contributed by atoms with van der Waals surface area (Å²) in [4.78, 5) is 12.2. The van der Waals surface area contributed by atoms with Crippen molar-refractivity contribution < 1.29 is 4.79 Å². The predicted molar refractivity (Wildman–Crippen MR) is 86.3 cm³/mol. The van der Waals surface area contributed by atoms with E-state index in [1.165, 1.54) is 0 Å². The number of nitrogens with one attached hydrogen (secondary N) is 2. The van der Waals surface area contributed by atoms with Crippen molar-refractivity contribution in [2.45, 2.75) is 54.0 Å². The van der Waals surface area contributed by atoms with Gasteiger partial charge in [-0.25, -0.2) is 0 Å². The molecule has 0 aliphatic rings. The Labute approximate surface area is 123 Å². The number of benzene rings is 1. The van der Waals surface area contributed by atoms with Crippen LogP contribution < -0.4 is 10.6 Å². The quantitative estimate of drug-likeness (QED) is 0.854. The van der Waals surface area contributed by atoms with E-state index in [0.717, 1.165) is 29.8 Å². The Kier molecular flexibility index (Phi) is 5.61. The van der Waals surface area contributed by atoms with Crippen molar-refractivity contribution in [2.75, 3.05) is 11.9 Å². The van der Waals surface area contributed by atoms with E-state index in [1.807, 2.05) is 32.0 Å². The van der Waals surface area contributed by atoms with Crippen LogP contribution in [0, 0.1) is 12.3 Å². The third-order valence-electron chi connectivity index (χ3n) is 3.70. The van der Waals surface area contributed by atoms with Gasteiger partial charge in [0, 0.05) is 23.8 Å². The maximum absolute atomic E-state index is 12.2. The van der Waals surface area contributed by atoms with Crippen molar-refractivity contribution in [1.82, 2.24) is 5.32 Å². The molecule has 0 saturated heterocycles. The van der Waals surface area contributed by atoms with Crippen LogP contribution in [0.3, 0.4) is 0 Å². The molecule has 3 nitrogen and oxygen atoms in total. The minimum Gasteiger partial charge on any atom is -0.385 e. The van der Waals surface area contributed by atoms with Crippen LogP contribution in [-0.4, -0.2) is 18.5 Å². The Hall–Kier alpha value is -1.51. The molecule has 2 N–H and O–H groups in total. The van der Waals surface area contributed by atoms with Gasteiger partial charge in [-0.3, -0.25) is 4.79 Å². The molecule has 112 valence electrons. The summed E-state index contributed by atoms with van der Waals surface area (Å²) in [6.45, 7) is 13.5. The van der Waals surface area contributed by atoms with E-state index < -0.39 is 0 Å². The lowest BCUT2D eigenvalue weighted by molar-refractivity contribution is 0.0910. The molecule has 0 aliphatic carbocycles. The van der Waals surface area contributed by atoms with Crippen molar-refractivity contribution in [1.29, 1.82) is 0 Å². The first kappa shape index (κ1) is 16.5. The van der Waals surface area contributed by atoms with Gasteiger partial charge in [-0.2, -0.15) is 0 Å². The standard InChI is InChI=1S/C17H28N2O/c1-7-10-18-15-9-8-14(11-12(15)2)16(20)19-13(3)17(4,5)6/h8-9,11,13,18H,7,10H2,1-6H3,(H,19,20). The molecule has 1 unspecified atom stereocenters. The molecule has 3 heteroatoms. The molecule has 0 bridgehead atoms. The zero-order valence-electron chi connectivity index (χ0n) is 13.6. The second-order valence-electron chi connectivity index (χ2n) is 6.52. The summed E-state index contributed by atoms with van der Waals surface area (Å²) in [5, 5.41) is 6.43. The third kappa shape index (κ3) is 4.55. The molecule has 1 amide bonds. The predicted octanol–water partition coefficient (Wildman–Crippen LogP) is 3.98. The molecule has 1 atom stereocenters. The van der Waals surface area contributed by atoms with Gasteiger partial charge in [-0.1, -0.05) is 27.7 Å². The van der Waals surface area contributed by atoms with Gasteiger partial charge in [-0.05, 0) is 49.4 Å². The second kappa shape index (κ2) is 6.78. The summed E-state index contributed by atoms with van der Waals surface area (Å²) in [6, 6.07) is 5.95. The van der Waals surface area contributed by atoms with E-state index in [9.17, 15) is 4.79 Å². The number of hydrogen-bond acceptors (Lipinski definition) is 2. The van der Waals surface area contributed by atoms with Gasteiger partial charge in [0.1, 0.15) is 0 Å². The Morgan fingerprint density at radius 3 is 2.45 bits per heavy atom. The van der Waals surface area contributed by atoms with Gasteiger partial charge in [0.05, 0.1) is 0 Å². The van der Waals surface area contributed by atoms with Crippen LogP contribution in [0.15, 0.2) is 18.2 Å². The van der Waals surface area contributed by atoms with Crippen LogP contribution in [0.4, 0.5) is 5.69 Å². The zero-order chi connectivity index (χ0) is 15.3. The van der Waals surface area contributed by atoms with Gasteiger partial charge < -0.3 is 10.6 Å². The van der Waals surface area contributed by atoms with Crippen molar-refractivity contribution >= 4 is 11.6 Å². The van der Waals surface area contributed by atoms with Crippen LogP contribution in [-0.2, 0) is 0 Å². The molecule has 1 rings (SSSR count). The fourth-order valence-electron chi connectivity index (χ4n) is 1.76. The summed E-state index contributed by atoms with van der Waals surface area (Å²) in [6.07, 6.45) is 1.09. The van der Waals surface area contributed by atoms with Gasteiger partial charge in [-0.15, -0.1) is 0 Å². The topological polar surface area (TPSA) is 41.1 Å². The molecular weight excluding hydrogens is 248 g/mol. The summed E-state index contributed by atoms with van der Waals surface area (Å²) < 4.78 is 0. The van der Waals surface area contributed by atoms with Gasteiger partial charge >= 0.3 is 0 Å². The summed E-state index contributed by atoms with van der Waals surface area (Å²) in [5.74, 6) is -0.00225. The highest BCUT2D eigenvalue weighted by Gasteiger charge is 2.22. The fraction of sp³-hybridized carbons (Fsp3) is 0.588. The largest absolute Gasteiger partial charge is 0.385 e. The molecule has 0 aliphatic heterocycles. The van der Waals surface area contributed by atoms with E-state index >= 15 is 0 Å². The first-order valence-corrected chi connectivity index (χ1v) is 7.41. The maximum Gasteiger partial charge on any atom is 0.251 e. The molecule has 0 aromatic heterocycles. The van der Waals surface area contributed by atoms with E-state index in [1.54, 1.807) is 0 Å². The van der Waals surface area contributed by atoms with Crippen molar-refractivity contribution in [3.8, 4) is 0 Å². The second-order valence-corrected chi connectivity index (χ2v) is 6.52. The average molecular weight is 276 g/mol. The average Bonchev–Trinajstić information content (AvgIpc) is 2.36. The van der Waals surface area contributed by atoms with Crippen LogP contribution in [0.5, 0.6) is 0 Å². The van der Waals surface area contributed by atoms with E-state index in [4.69, 9.17) is 0 Å². The minimum atomic E-state index is -0.00225. The number of carbonyl (C=O) groups excluding carboxylic acids is 1. The van der Waals surface area contributed by atoms with Crippen LogP contribution in [0.1, 0.15) is 57.0 Å². The monoisotopic (exact) mass is 276 g/mol. The maximum atomic E-state index is 12.2. The smallest absolute Gasteiger partial charge is 0.251 e. The number of aryl methyl sites for hydroxylation is 1. The van der Waals surface area contributed by atoms with E-state index in [2.05, 4.69) is 38.3 Å². The minimum absolute atomic E-state index is 0.00225. The van der Waals surface area contributed by atoms with Gasteiger partial charge in [0.2, 0.25) is 0 Å². The molecule has 0 radical (unpaired) electrons. The Bertz CT molecular complexity index is 461. The lowest BCUT2D eigenvalue weighted by Gasteiger charge is -2.28. The van der Waals surface area contributed by atoms with Crippen LogP contribution >= 0.6 is 0 Å². The SMILES string of the molecule is CCCNc1ccc(C(=O)NC(C)C(C)(C)C)cc1C. The first-order valence-electron chi connectivity index (χ1n) is 7.41. The Balaban J connectivity index is 2.77. The number of hydrogen-bond donors (Lipinski definition) is 2. The molecule has 0 heterocycles. The normalized spacial score (nSPS) is 12.9. The van der Waals surface area contributed by atoms with Gasteiger partial charge in [0.25, 0.3) is 5.91 Å². The summed E-state index contributed by atoms with van der Waals surface area (Å²) in [5.41, 5.74) is 3.00. The molecule has 1 aromatic carbocycles. The van der Waals surface area contributed by atoms with E-state index in [0.29, 0.717) is 0 Å². The number of anilines is 1. The van der Waals surface area contributed by atoms with Crippen molar-refractivity contribution in [3.05, 3.63) is 29.3 Å². The lowest BCUT2D eigenvalue weighted by Crippen LogP contribution is -2.41. The Morgan fingerprint density at radius 1 is 1.30 bits per heavy atom. The molecule has 0 saturated carbocycles. The third-order valence-corrected chi connectivity index (χ3v) is 3.70. The highest BCUT2D eigenvalue weighted by atomic mass is 16.1. The first-order chi connectivity index (χ1) is 9.25. The van der Waals surface area contributed by atoms with Crippen LogP contribution in [0.25, 0.3) is 0 Å². The molecule has 1 aromatic rings. The highest BCUT2D eigenvalue weighted by molar-refractivity contribution is 5.95. The lowest BCUT2D eigenvalue weighted by atomic mass is 9.88. The zero-order valence-corrected chi connectivity index (χ0v) is 13.6. The van der Waals surface area contributed by atoms with Crippen LogP contribution in [0.2, 0.25) is 0 Å². The number of amides is 1.